The van der Waals surface area contributed by atoms with Crippen molar-refractivity contribution in [3.8, 4) is 0 Å². The number of nitrogens with two attached hydrogens (primary N) is 1. The summed E-state index contributed by atoms with van der Waals surface area (Å²) in [4.78, 5) is 17.7. The zero-order valence-electron chi connectivity index (χ0n) is 10.7. The van der Waals surface area contributed by atoms with E-state index in [2.05, 4.69) is 15.3 Å². The van der Waals surface area contributed by atoms with Crippen molar-refractivity contribution >= 4 is 22.5 Å². The van der Waals surface area contributed by atoms with Gasteiger partial charge < -0.3 is 15.5 Å². The van der Waals surface area contributed by atoms with Gasteiger partial charge in [0.1, 0.15) is 0 Å². The smallest absolute Gasteiger partial charge is 0.408 e. The first-order valence-electron chi connectivity index (χ1n) is 6.27. The van der Waals surface area contributed by atoms with Crippen LogP contribution in [-0.2, 0) is 6.42 Å². The molecule has 0 saturated carbocycles. The second-order valence-corrected chi connectivity index (χ2v) is 4.48. The Labute approximate surface area is 114 Å². The van der Waals surface area contributed by atoms with Gasteiger partial charge in [-0.3, -0.25) is 9.97 Å². The molecule has 6 heteroatoms. The molecule has 3 aromatic rings. The number of fused-ring (bicyclic) bond motifs is 1. The van der Waals surface area contributed by atoms with Gasteiger partial charge in [0.15, 0.2) is 5.58 Å². The fourth-order valence-electron chi connectivity index (χ4n) is 2.06. The van der Waals surface area contributed by atoms with Crippen molar-refractivity contribution in [2.45, 2.75) is 6.42 Å². The Kier molecular flexibility index (Phi) is 3.12. The van der Waals surface area contributed by atoms with Gasteiger partial charge in [-0.15, -0.1) is 0 Å². The molecule has 0 spiro atoms. The zero-order valence-corrected chi connectivity index (χ0v) is 10.7. The summed E-state index contributed by atoms with van der Waals surface area (Å²) in [6.45, 7) is 0.738. The van der Waals surface area contributed by atoms with E-state index >= 15 is 0 Å². The van der Waals surface area contributed by atoms with Crippen LogP contribution < -0.4 is 16.8 Å². The lowest BCUT2D eigenvalue weighted by molar-refractivity contribution is 0.555. The molecule has 4 N–H and O–H groups in total. The van der Waals surface area contributed by atoms with Crippen LogP contribution in [0.2, 0.25) is 0 Å². The normalized spacial score (nSPS) is 10.8. The second kappa shape index (κ2) is 5.08. The number of nitrogen functional groups attached to an aromatic ring is 1. The quantitative estimate of drug-likeness (QED) is 0.627. The van der Waals surface area contributed by atoms with Crippen LogP contribution in [0.5, 0.6) is 0 Å². The van der Waals surface area contributed by atoms with Crippen molar-refractivity contribution in [3.05, 3.63) is 52.8 Å². The third-order valence-electron chi connectivity index (χ3n) is 3.07. The van der Waals surface area contributed by atoms with E-state index in [4.69, 9.17) is 10.2 Å². The summed E-state index contributed by atoms with van der Waals surface area (Å²) in [6.07, 6.45) is 4.40. The molecule has 0 amide bonds. The Morgan fingerprint density at radius 3 is 2.90 bits per heavy atom. The van der Waals surface area contributed by atoms with Gasteiger partial charge in [-0.1, -0.05) is 0 Å². The highest BCUT2D eigenvalue weighted by Crippen LogP contribution is 2.24. The predicted octanol–water partition coefficient (Wildman–Crippen LogP) is 1.75. The standard InChI is InChI=1S/C14H14N4O2/c15-10-7-13-12(18-14(19)20-13)8-11(10)17-6-3-9-1-4-16-5-2-9/h1-2,4-5,7-8,17H,3,6,15H2,(H,18,19). The third-order valence-corrected chi connectivity index (χ3v) is 3.07. The second-order valence-electron chi connectivity index (χ2n) is 4.48. The number of nitrogens with zero attached hydrogens (tertiary/aromatic N) is 1. The first-order valence-corrected chi connectivity index (χ1v) is 6.27. The summed E-state index contributed by atoms with van der Waals surface area (Å²) < 4.78 is 4.95. The molecule has 0 aliphatic rings. The Morgan fingerprint density at radius 1 is 1.30 bits per heavy atom. The number of aromatic amines is 1. The molecule has 0 unspecified atom stereocenters. The number of rotatable bonds is 4. The maximum absolute atomic E-state index is 11.1. The van der Waals surface area contributed by atoms with Gasteiger partial charge in [0.05, 0.1) is 16.9 Å². The minimum atomic E-state index is -0.478. The summed E-state index contributed by atoms with van der Waals surface area (Å²) in [6, 6.07) is 7.37. The van der Waals surface area contributed by atoms with Gasteiger partial charge >= 0.3 is 5.76 Å². The first-order chi connectivity index (χ1) is 9.72. The molecule has 6 nitrogen and oxygen atoms in total. The van der Waals surface area contributed by atoms with Gasteiger partial charge in [0, 0.05) is 25.0 Å². The number of nitrogens with one attached hydrogen (secondary N) is 2. The number of hydrogen-bond acceptors (Lipinski definition) is 5. The summed E-state index contributed by atoms with van der Waals surface area (Å²) in [5.41, 5.74) is 9.56. The Balaban J connectivity index is 1.74. The molecule has 0 radical (unpaired) electrons. The molecule has 1 aromatic carbocycles. The highest BCUT2D eigenvalue weighted by molar-refractivity contribution is 5.85. The van der Waals surface area contributed by atoms with E-state index in [1.807, 2.05) is 12.1 Å². The molecule has 20 heavy (non-hydrogen) atoms. The van der Waals surface area contributed by atoms with Gasteiger partial charge in [0.25, 0.3) is 0 Å². The lowest BCUT2D eigenvalue weighted by Gasteiger charge is -2.09. The molecule has 0 saturated heterocycles. The third kappa shape index (κ3) is 2.49. The number of benzene rings is 1. The van der Waals surface area contributed by atoms with Crippen LogP contribution in [0, 0.1) is 0 Å². The molecular weight excluding hydrogens is 256 g/mol. The maximum atomic E-state index is 11.1. The van der Waals surface area contributed by atoms with Gasteiger partial charge in [0.2, 0.25) is 0 Å². The van der Waals surface area contributed by atoms with Crippen LogP contribution in [0.1, 0.15) is 5.56 Å². The van der Waals surface area contributed by atoms with Crippen molar-refractivity contribution in [1.29, 1.82) is 0 Å². The van der Waals surface area contributed by atoms with Crippen LogP contribution in [0.25, 0.3) is 11.1 Å². The fraction of sp³-hybridized carbons (Fsp3) is 0.143. The van der Waals surface area contributed by atoms with E-state index in [0.717, 1.165) is 18.7 Å². The van der Waals surface area contributed by atoms with Crippen molar-refractivity contribution in [1.82, 2.24) is 9.97 Å². The van der Waals surface area contributed by atoms with Crippen molar-refractivity contribution in [3.63, 3.8) is 0 Å². The van der Waals surface area contributed by atoms with E-state index in [1.54, 1.807) is 24.5 Å². The summed E-state index contributed by atoms with van der Waals surface area (Å²) in [7, 11) is 0. The van der Waals surface area contributed by atoms with Crippen LogP contribution in [0.3, 0.4) is 0 Å². The summed E-state index contributed by atoms with van der Waals surface area (Å²) >= 11 is 0. The number of oxazole rings is 1. The van der Waals surface area contributed by atoms with E-state index in [-0.39, 0.29) is 0 Å². The minimum absolute atomic E-state index is 0.465. The summed E-state index contributed by atoms with van der Waals surface area (Å²) in [5.74, 6) is -0.478. The van der Waals surface area contributed by atoms with Crippen molar-refractivity contribution in [2.24, 2.45) is 0 Å². The number of pyridine rings is 1. The average Bonchev–Trinajstić information content (AvgIpc) is 2.79. The van der Waals surface area contributed by atoms with Crippen LogP contribution >= 0.6 is 0 Å². The van der Waals surface area contributed by atoms with E-state index in [9.17, 15) is 4.79 Å². The van der Waals surface area contributed by atoms with Crippen molar-refractivity contribution < 1.29 is 4.42 Å². The van der Waals surface area contributed by atoms with Crippen LogP contribution in [-0.4, -0.2) is 16.5 Å². The molecule has 2 heterocycles. The maximum Gasteiger partial charge on any atom is 0.417 e. The van der Waals surface area contributed by atoms with Gasteiger partial charge in [-0.05, 0) is 30.2 Å². The Hall–Kier alpha value is -2.76. The molecule has 2 aromatic heterocycles. The molecule has 3 rings (SSSR count). The van der Waals surface area contributed by atoms with Crippen LogP contribution in [0.4, 0.5) is 11.4 Å². The number of hydrogen-bond donors (Lipinski definition) is 3. The average molecular weight is 270 g/mol. The molecule has 102 valence electrons. The highest BCUT2D eigenvalue weighted by atomic mass is 16.4. The molecule has 0 aliphatic carbocycles. The first kappa shape index (κ1) is 12.3. The topological polar surface area (TPSA) is 96.9 Å². The largest absolute Gasteiger partial charge is 0.417 e. The van der Waals surface area contributed by atoms with Crippen LogP contribution in [0.15, 0.2) is 45.9 Å². The Bertz CT molecular complexity index is 777. The molecular formula is C14H14N4O2. The lowest BCUT2D eigenvalue weighted by Crippen LogP contribution is -2.07. The van der Waals surface area contributed by atoms with Gasteiger partial charge in [-0.25, -0.2) is 4.79 Å². The molecule has 0 bridgehead atoms. The monoisotopic (exact) mass is 270 g/mol. The molecule has 0 aliphatic heterocycles. The number of aromatic nitrogens is 2. The predicted molar refractivity (Wildman–Crippen MR) is 77.7 cm³/mol. The summed E-state index contributed by atoms with van der Waals surface area (Å²) in [5, 5.41) is 3.25. The van der Waals surface area contributed by atoms with E-state index < -0.39 is 5.76 Å². The molecule has 0 fully saturated rings. The lowest BCUT2D eigenvalue weighted by atomic mass is 10.2. The van der Waals surface area contributed by atoms with Crippen molar-refractivity contribution in [2.75, 3.05) is 17.6 Å². The number of H-pyrrole nitrogens is 1. The minimum Gasteiger partial charge on any atom is -0.408 e. The zero-order chi connectivity index (χ0) is 13.9. The SMILES string of the molecule is Nc1cc2oc(=O)[nH]c2cc1NCCc1ccncc1. The molecule has 0 atom stereocenters. The fourth-order valence-corrected chi connectivity index (χ4v) is 2.06. The number of anilines is 2. The van der Waals surface area contributed by atoms with E-state index in [0.29, 0.717) is 16.8 Å². The highest BCUT2D eigenvalue weighted by Gasteiger charge is 2.06. The van der Waals surface area contributed by atoms with Gasteiger partial charge in [-0.2, -0.15) is 0 Å². The Morgan fingerprint density at radius 2 is 2.10 bits per heavy atom. The van der Waals surface area contributed by atoms with E-state index in [1.165, 1.54) is 5.56 Å².